The highest BCUT2D eigenvalue weighted by molar-refractivity contribution is 4.96. The summed E-state index contributed by atoms with van der Waals surface area (Å²) in [6.45, 7) is 2.82. The molecule has 0 bridgehead atoms. The molecule has 1 aliphatic rings. The molecule has 0 saturated carbocycles. The first-order valence-corrected chi connectivity index (χ1v) is 6.02. The Morgan fingerprint density at radius 1 is 1.56 bits per heavy atom. The third-order valence-electron chi connectivity index (χ3n) is 3.01. The zero-order valence-electron chi connectivity index (χ0n) is 9.85. The van der Waals surface area contributed by atoms with E-state index in [1.807, 2.05) is 6.33 Å². The number of aryl methyl sites for hydroxylation is 1. The molecule has 1 aliphatic heterocycles. The highest BCUT2D eigenvalue weighted by Crippen LogP contribution is 2.20. The maximum absolute atomic E-state index is 5.06. The second-order valence-electron chi connectivity index (χ2n) is 4.23. The fourth-order valence-corrected chi connectivity index (χ4v) is 2.16. The van der Waals surface area contributed by atoms with Crippen LogP contribution in [0.25, 0.3) is 0 Å². The summed E-state index contributed by atoms with van der Waals surface area (Å²) in [5.41, 5.74) is 0. The topological polar surface area (TPSA) is 52.0 Å². The first-order chi connectivity index (χ1) is 7.92. The van der Waals surface area contributed by atoms with Crippen molar-refractivity contribution in [3.8, 4) is 0 Å². The van der Waals surface area contributed by atoms with E-state index in [1.165, 1.54) is 19.3 Å². The molecule has 1 aromatic rings. The summed E-state index contributed by atoms with van der Waals surface area (Å²) < 4.78 is 7.20. The first kappa shape index (κ1) is 11.5. The van der Waals surface area contributed by atoms with Gasteiger partial charge in [-0.25, -0.2) is 0 Å². The maximum Gasteiger partial charge on any atom is 0.149 e. The molecule has 0 spiro atoms. The minimum atomic E-state index is 0.388. The molecule has 5 nitrogen and oxygen atoms in total. The average Bonchev–Trinajstić information content (AvgIpc) is 2.79. The number of piperidine rings is 1. The maximum atomic E-state index is 5.06. The lowest BCUT2D eigenvalue weighted by atomic mass is 10.0. The average molecular weight is 224 g/mol. The van der Waals surface area contributed by atoms with E-state index < -0.39 is 0 Å². The summed E-state index contributed by atoms with van der Waals surface area (Å²) in [4.78, 5) is 0. The second-order valence-corrected chi connectivity index (χ2v) is 4.23. The van der Waals surface area contributed by atoms with Gasteiger partial charge in [-0.05, 0) is 25.8 Å². The molecule has 1 N–H and O–H groups in total. The highest BCUT2D eigenvalue weighted by Gasteiger charge is 2.19. The van der Waals surface area contributed by atoms with Crippen LogP contribution in [0, 0.1) is 0 Å². The summed E-state index contributed by atoms with van der Waals surface area (Å²) in [6, 6.07) is 0.388. The minimum absolute atomic E-state index is 0.388. The van der Waals surface area contributed by atoms with Crippen molar-refractivity contribution in [1.82, 2.24) is 20.1 Å². The Bertz CT molecular complexity index is 307. The van der Waals surface area contributed by atoms with E-state index in [1.54, 1.807) is 7.11 Å². The predicted molar refractivity (Wildman–Crippen MR) is 61.1 cm³/mol. The fourth-order valence-electron chi connectivity index (χ4n) is 2.16. The number of hydrogen-bond donors (Lipinski definition) is 1. The van der Waals surface area contributed by atoms with Gasteiger partial charge in [0, 0.05) is 20.3 Å². The van der Waals surface area contributed by atoms with Gasteiger partial charge in [-0.3, -0.25) is 0 Å². The quantitative estimate of drug-likeness (QED) is 0.762. The Hall–Kier alpha value is -0.940. The van der Waals surface area contributed by atoms with Gasteiger partial charge in [-0.2, -0.15) is 0 Å². The number of nitrogens with one attached hydrogen (secondary N) is 1. The van der Waals surface area contributed by atoms with Crippen LogP contribution in [0.4, 0.5) is 0 Å². The van der Waals surface area contributed by atoms with Crippen LogP contribution in [-0.4, -0.2) is 35.0 Å². The van der Waals surface area contributed by atoms with Crippen molar-refractivity contribution in [3.63, 3.8) is 0 Å². The van der Waals surface area contributed by atoms with Crippen LogP contribution in [0.3, 0.4) is 0 Å². The number of ether oxygens (including phenoxy) is 1. The number of hydrogen-bond acceptors (Lipinski definition) is 4. The van der Waals surface area contributed by atoms with Gasteiger partial charge in [0.05, 0.1) is 6.04 Å². The molecular weight excluding hydrogens is 204 g/mol. The lowest BCUT2D eigenvalue weighted by Gasteiger charge is -2.23. The summed E-state index contributed by atoms with van der Waals surface area (Å²) in [5, 5.41) is 11.7. The number of methoxy groups -OCH3 is 1. The monoisotopic (exact) mass is 224 g/mol. The Balaban J connectivity index is 1.94. The number of rotatable bonds is 5. The van der Waals surface area contributed by atoms with Gasteiger partial charge in [0.15, 0.2) is 0 Å². The van der Waals surface area contributed by atoms with Crippen molar-refractivity contribution in [2.75, 3.05) is 20.3 Å². The molecular formula is C11H20N4O. The van der Waals surface area contributed by atoms with Crippen LogP contribution >= 0.6 is 0 Å². The third kappa shape index (κ3) is 2.80. The zero-order valence-corrected chi connectivity index (χ0v) is 9.85. The van der Waals surface area contributed by atoms with E-state index >= 15 is 0 Å². The molecule has 5 heteroatoms. The summed E-state index contributed by atoms with van der Waals surface area (Å²) in [5.74, 6) is 1.08. The fraction of sp³-hybridized carbons (Fsp3) is 0.818. The highest BCUT2D eigenvalue weighted by atomic mass is 16.5. The second kappa shape index (κ2) is 5.96. The summed E-state index contributed by atoms with van der Waals surface area (Å²) in [7, 11) is 1.73. The minimum Gasteiger partial charge on any atom is -0.385 e. The van der Waals surface area contributed by atoms with E-state index in [0.717, 1.165) is 31.9 Å². The van der Waals surface area contributed by atoms with Gasteiger partial charge in [0.2, 0.25) is 0 Å². The van der Waals surface area contributed by atoms with Gasteiger partial charge in [-0.15, -0.1) is 10.2 Å². The van der Waals surface area contributed by atoms with Gasteiger partial charge in [0.1, 0.15) is 12.2 Å². The molecule has 0 aromatic carbocycles. The molecule has 90 valence electrons. The molecule has 2 rings (SSSR count). The van der Waals surface area contributed by atoms with E-state index in [0.29, 0.717) is 6.04 Å². The van der Waals surface area contributed by atoms with Crippen LogP contribution in [0.1, 0.15) is 37.5 Å². The Morgan fingerprint density at radius 3 is 3.25 bits per heavy atom. The van der Waals surface area contributed by atoms with Gasteiger partial charge in [-0.1, -0.05) is 6.42 Å². The first-order valence-electron chi connectivity index (χ1n) is 6.02. The lowest BCUT2D eigenvalue weighted by Crippen LogP contribution is -2.29. The molecule has 0 aliphatic carbocycles. The lowest BCUT2D eigenvalue weighted by molar-refractivity contribution is 0.189. The van der Waals surface area contributed by atoms with Crippen molar-refractivity contribution in [1.29, 1.82) is 0 Å². The van der Waals surface area contributed by atoms with Crippen LogP contribution in [0.2, 0.25) is 0 Å². The molecule has 0 radical (unpaired) electrons. The van der Waals surface area contributed by atoms with E-state index in [4.69, 9.17) is 4.74 Å². The Kier molecular flexibility index (Phi) is 4.30. The molecule has 1 unspecified atom stereocenters. The molecule has 1 fully saturated rings. The van der Waals surface area contributed by atoms with Crippen LogP contribution < -0.4 is 5.32 Å². The van der Waals surface area contributed by atoms with Gasteiger partial charge in [0.25, 0.3) is 0 Å². The van der Waals surface area contributed by atoms with Crippen molar-refractivity contribution >= 4 is 0 Å². The molecule has 0 amide bonds. The largest absolute Gasteiger partial charge is 0.385 e. The van der Waals surface area contributed by atoms with Crippen LogP contribution in [0.15, 0.2) is 6.33 Å². The summed E-state index contributed by atoms with van der Waals surface area (Å²) >= 11 is 0. The molecule has 16 heavy (non-hydrogen) atoms. The standard InChI is InChI=1S/C11H20N4O/c1-16-8-4-7-15-9-13-14-11(15)10-5-2-3-6-12-10/h9-10,12H,2-8H2,1H3. The molecule has 1 saturated heterocycles. The van der Waals surface area contributed by atoms with Gasteiger partial charge >= 0.3 is 0 Å². The van der Waals surface area contributed by atoms with Crippen LogP contribution in [-0.2, 0) is 11.3 Å². The smallest absolute Gasteiger partial charge is 0.149 e. The Morgan fingerprint density at radius 2 is 2.50 bits per heavy atom. The van der Waals surface area contributed by atoms with Crippen molar-refractivity contribution in [2.24, 2.45) is 0 Å². The van der Waals surface area contributed by atoms with E-state index in [2.05, 4.69) is 20.1 Å². The van der Waals surface area contributed by atoms with Crippen LogP contribution in [0.5, 0.6) is 0 Å². The normalized spacial score (nSPS) is 21.2. The molecule has 1 aromatic heterocycles. The molecule has 1 atom stereocenters. The van der Waals surface area contributed by atoms with Crippen molar-refractivity contribution in [2.45, 2.75) is 38.3 Å². The zero-order chi connectivity index (χ0) is 11.2. The predicted octanol–water partition coefficient (Wildman–Crippen LogP) is 1.13. The number of aromatic nitrogens is 3. The van der Waals surface area contributed by atoms with Crippen molar-refractivity contribution in [3.05, 3.63) is 12.2 Å². The summed E-state index contributed by atoms with van der Waals surface area (Å²) in [6.07, 6.45) is 6.55. The van der Waals surface area contributed by atoms with Crippen molar-refractivity contribution < 1.29 is 4.74 Å². The van der Waals surface area contributed by atoms with E-state index in [9.17, 15) is 0 Å². The Labute approximate surface area is 96.2 Å². The molecule has 2 heterocycles. The SMILES string of the molecule is COCCCn1cnnc1C1CCCCN1. The van der Waals surface area contributed by atoms with Gasteiger partial charge < -0.3 is 14.6 Å². The third-order valence-corrected chi connectivity index (χ3v) is 3.01. The van der Waals surface area contributed by atoms with E-state index in [-0.39, 0.29) is 0 Å². The number of nitrogens with zero attached hydrogens (tertiary/aromatic N) is 3.